The standard InChI is InChI=1S/C11H11NO4S3/c1-12-19(15,16)11-8-7-10(17-11)18(13,14)9-5-3-2-4-6-9/h2-8,12H,1H3. The average molecular weight is 317 g/mol. The molecule has 19 heavy (non-hydrogen) atoms. The van der Waals surface area contributed by atoms with Crippen LogP contribution >= 0.6 is 11.3 Å². The molecule has 0 fully saturated rings. The van der Waals surface area contributed by atoms with Gasteiger partial charge in [-0.2, -0.15) is 0 Å². The van der Waals surface area contributed by atoms with Crippen molar-refractivity contribution in [2.45, 2.75) is 13.3 Å². The zero-order valence-electron chi connectivity index (χ0n) is 9.90. The van der Waals surface area contributed by atoms with Crippen molar-refractivity contribution in [3.63, 3.8) is 0 Å². The fourth-order valence-electron chi connectivity index (χ4n) is 1.41. The first-order valence-corrected chi connectivity index (χ1v) is 9.00. The Morgan fingerprint density at radius 3 is 2.05 bits per heavy atom. The van der Waals surface area contributed by atoms with Crippen molar-refractivity contribution in [1.82, 2.24) is 4.72 Å². The molecule has 102 valence electrons. The van der Waals surface area contributed by atoms with Gasteiger partial charge in [-0.1, -0.05) is 18.2 Å². The molecule has 0 saturated heterocycles. The van der Waals surface area contributed by atoms with Crippen molar-refractivity contribution in [2.75, 3.05) is 7.05 Å². The first kappa shape index (κ1) is 14.2. The molecule has 2 aromatic rings. The Morgan fingerprint density at radius 2 is 1.47 bits per heavy atom. The molecule has 5 nitrogen and oxygen atoms in total. The van der Waals surface area contributed by atoms with Crippen LogP contribution in [0.5, 0.6) is 0 Å². The maximum absolute atomic E-state index is 12.3. The van der Waals surface area contributed by atoms with E-state index in [0.29, 0.717) is 0 Å². The Hall–Kier alpha value is -1.22. The molecule has 1 heterocycles. The van der Waals surface area contributed by atoms with Crippen LogP contribution in [0.4, 0.5) is 0 Å². The summed E-state index contributed by atoms with van der Waals surface area (Å²) in [5.41, 5.74) is 0. The molecule has 1 aromatic carbocycles. The van der Waals surface area contributed by atoms with E-state index in [1.165, 1.54) is 31.3 Å². The first-order chi connectivity index (χ1) is 8.88. The summed E-state index contributed by atoms with van der Waals surface area (Å²) >= 11 is 0.728. The minimum absolute atomic E-state index is 0.00697. The summed E-state index contributed by atoms with van der Waals surface area (Å²) in [5, 5.41) is 0. The van der Waals surface area contributed by atoms with Crippen molar-refractivity contribution < 1.29 is 16.8 Å². The number of thiophene rings is 1. The lowest BCUT2D eigenvalue weighted by Gasteiger charge is -2.00. The molecule has 0 aliphatic heterocycles. The van der Waals surface area contributed by atoms with E-state index in [4.69, 9.17) is 0 Å². The first-order valence-electron chi connectivity index (χ1n) is 5.21. The van der Waals surface area contributed by atoms with E-state index in [1.807, 2.05) is 0 Å². The number of nitrogens with one attached hydrogen (secondary N) is 1. The monoisotopic (exact) mass is 317 g/mol. The second-order valence-electron chi connectivity index (χ2n) is 3.60. The topological polar surface area (TPSA) is 80.3 Å². The van der Waals surface area contributed by atoms with Gasteiger partial charge < -0.3 is 0 Å². The molecule has 0 aliphatic rings. The summed E-state index contributed by atoms with van der Waals surface area (Å²) < 4.78 is 49.8. The normalized spacial score (nSPS) is 12.5. The van der Waals surface area contributed by atoms with Crippen molar-refractivity contribution >= 4 is 31.2 Å². The lowest BCUT2D eigenvalue weighted by Crippen LogP contribution is -2.17. The van der Waals surface area contributed by atoms with Crippen LogP contribution in [0.3, 0.4) is 0 Å². The molecule has 0 saturated carbocycles. The second kappa shape index (κ2) is 5.04. The number of hydrogen-bond acceptors (Lipinski definition) is 5. The smallest absolute Gasteiger partial charge is 0.218 e. The van der Waals surface area contributed by atoms with Crippen LogP contribution < -0.4 is 4.72 Å². The Balaban J connectivity index is 2.50. The van der Waals surface area contributed by atoms with Gasteiger partial charge in [0.25, 0.3) is 0 Å². The highest BCUT2D eigenvalue weighted by atomic mass is 32.3. The molecule has 1 N–H and O–H groups in total. The molecule has 0 radical (unpaired) electrons. The van der Waals surface area contributed by atoms with Gasteiger partial charge >= 0.3 is 0 Å². The highest BCUT2D eigenvalue weighted by Crippen LogP contribution is 2.29. The second-order valence-corrected chi connectivity index (χ2v) is 8.97. The molecule has 2 rings (SSSR count). The van der Waals surface area contributed by atoms with Crippen LogP contribution in [0.15, 0.2) is 55.8 Å². The van der Waals surface area contributed by atoms with E-state index in [2.05, 4.69) is 4.72 Å². The van der Waals surface area contributed by atoms with Gasteiger partial charge in [-0.25, -0.2) is 21.6 Å². The SMILES string of the molecule is CNS(=O)(=O)c1ccc(S(=O)(=O)c2ccccc2)s1. The van der Waals surface area contributed by atoms with Crippen LogP contribution in [-0.4, -0.2) is 23.9 Å². The van der Waals surface area contributed by atoms with Crippen LogP contribution in [0.2, 0.25) is 0 Å². The molecule has 0 amide bonds. The van der Waals surface area contributed by atoms with E-state index in [9.17, 15) is 16.8 Å². The third-order valence-electron chi connectivity index (χ3n) is 2.41. The van der Waals surface area contributed by atoms with Gasteiger partial charge in [0.15, 0.2) is 0 Å². The summed E-state index contributed by atoms with van der Waals surface area (Å²) in [7, 11) is -6.00. The van der Waals surface area contributed by atoms with Gasteiger partial charge in [0.1, 0.15) is 8.42 Å². The van der Waals surface area contributed by atoms with Crippen LogP contribution in [0, 0.1) is 0 Å². The minimum Gasteiger partial charge on any atom is -0.218 e. The molecule has 1 aromatic heterocycles. The number of sulfonamides is 1. The van der Waals surface area contributed by atoms with E-state index in [0.717, 1.165) is 11.3 Å². The van der Waals surface area contributed by atoms with Crippen LogP contribution in [0.25, 0.3) is 0 Å². The molecule has 0 bridgehead atoms. The highest BCUT2D eigenvalue weighted by Gasteiger charge is 2.23. The molecule has 0 unspecified atom stereocenters. The Bertz CT molecular complexity index is 776. The van der Waals surface area contributed by atoms with Gasteiger partial charge in [-0.3, -0.25) is 0 Å². The third-order valence-corrected chi connectivity index (χ3v) is 7.66. The van der Waals surface area contributed by atoms with E-state index >= 15 is 0 Å². The van der Waals surface area contributed by atoms with Gasteiger partial charge in [0.2, 0.25) is 19.9 Å². The van der Waals surface area contributed by atoms with Gasteiger partial charge in [-0.05, 0) is 31.3 Å². The number of rotatable bonds is 4. The minimum atomic E-state index is -3.66. The molecular weight excluding hydrogens is 306 g/mol. The molecule has 0 atom stereocenters. The Morgan fingerprint density at radius 1 is 0.895 bits per heavy atom. The summed E-state index contributed by atoms with van der Waals surface area (Å²) in [6.07, 6.45) is 0. The maximum atomic E-state index is 12.3. The molecular formula is C11H11NO4S3. The van der Waals surface area contributed by atoms with Crippen molar-refractivity contribution in [3.8, 4) is 0 Å². The lowest BCUT2D eigenvalue weighted by atomic mass is 10.4. The third kappa shape index (κ3) is 2.71. The molecule has 0 aliphatic carbocycles. The molecule has 8 heteroatoms. The Labute approximate surface area is 115 Å². The maximum Gasteiger partial charge on any atom is 0.249 e. The predicted octanol–water partition coefficient (Wildman–Crippen LogP) is 1.49. The number of benzene rings is 1. The van der Waals surface area contributed by atoms with E-state index in [1.54, 1.807) is 18.2 Å². The van der Waals surface area contributed by atoms with E-state index in [-0.39, 0.29) is 13.3 Å². The fourth-order valence-corrected chi connectivity index (χ4v) is 5.44. The predicted molar refractivity (Wildman–Crippen MR) is 72.5 cm³/mol. The Kier molecular flexibility index (Phi) is 3.77. The van der Waals surface area contributed by atoms with Crippen LogP contribution in [0.1, 0.15) is 0 Å². The summed E-state index contributed by atoms with van der Waals surface area (Å²) in [5.74, 6) is 0. The van der Waals surface area contributed by atoms with Gasteiger partial charge in [0.05, 0.1) is 4.90 Å². The largest absolute Gasteiger partial charge is 0.249 e. The van der Waals surface area contributed by atoms with Crippen LogP contribution in [-0.2, 0) is 19.9 Å². The zero-order valence-corrected chi connectivity index (χ0v) is 12.3. The van der Waals surface area contributed by atoms with Crippen molar-refractivity contribution in [3.05, 3.63) is 42.5 Å². The molecule has 0 spiro atoms. The van der Waals surface area contributed by atoms with Crippen molar-refractivity contribution in [2.24, 2.45) is 0 Å². The summed E-state index contributed by atoms with van der Waals surface area (Å²) in [4.78, 5) is 0.144. The number of sulfone groups is 1. The lowest BCUT2D eigenvalue weighted by molar-refractivity contribution is 0.590. The summed E-state index contributed by atoms with van der Waals surface area (Å²) in [6.45, 7) is 0. The highest BCUT2D eigenvalue weighted by molar-refractivity contribution is 7.95. The zero-order chi connectivity index (χ0) is 14.1. The van der Waals surface area contributed by atoms with Crippen molar-refractivity contribution in [1.29, 1.82) is 0 Å². The average Bonchev–Trinajstić information content (AvgIpc) is 2.91. The fraction of sp³-hybridized carbons (Fsp3) is 0.0909. The van der Waals surface area contributed by atoms with E-state index < -0.39 is 19.9 Å². The van der Waals surface area contributed by atoms with Gasteiger partial charge in [-0.15, -0.1) is 11.3 Å². The quantitative estimate of drug-likeness (QED) is 0.926. The van der Waals surface area contributed by atoms with Gasteiger partial charge in [0, 0.05) is 0 Å². The number of hydrogen-bond donors (Lipinski definition) is 1. The summed E-state index contributed by atoms with van der Waals surface area (Å²) in [6, 6.07) is 10.5.